The van der Waals surface area contributed by atoms with Crippen molar-refractivity contribution in [3.05, 3.63) is 35.9 Å². The standard InChI is InChI=1S/C12H13NO5/c14-11(10-7-16-8-10)18-13-12(15)17-6-9-4-2-1-3-5-9/h1-5,10H,6-8H2,(H,13,15). The van der Waals surface area contributed by atoms with E-state index in [1.54, 1.807) is 0 Å². The van der Waals surface area contributed by atoms with E-state index in [1.807, 2.05) is 35.8 Å². The number of carbonyl (C=O) groups is 2. The predicted molar refractivity (Wildman–Crippen MR) is 60.2 cm³/mol. The van der Waals surface area contributed by atoms with Crippen LogP contribution in [0.25, 0.3) is 0 Å². The average molecular weight is 251 g/mol. The Kier molecular flexibility index (Phi) is 4.14. The largest absolute Gasteiger partial charge is 0.443 e. The number of nitrogens with one attached hydrogen (secondary N) is 1. The molecular formula is C12H13NO5. The molecule has 1 saturated heterocycles. The Bertz CT molecular complexity index is 416. The number of ether oxygens (including phenoxy) is 2. The lowest BCUT2D eigenvalue weighted by molar-refractivity contribution is -0.169. The van der Waals surface area contributed by atoms with Gasteiger partial charge in [-0.15, -0.1) is 5.48 Å². The minimum Gasteiger partial charge on any atom is -0.443 e. The highest BCUT2D eigenvalue weighted by atomic mass is 16.7. The van der Waals surface area contributed by atoms with Crippen molar-refractivity contribution in [2.45, 2.75) is 6.61 Å². The first-order valence-corrected chi connectivity index (χ1v) is 5.51. The van der Waals surface area contributed by atoms with Gasteiger partial charge in [0.2, 0.25) is 0 Å². The van der Waals surface area contributed by atoms with Gasteiger partial charge in [0.15, 0.2) is 0 Å². The molecule has 1 heterocycles. The van der Waals surface area contributed by atoms with Crippen LogP contribution in [-0.2, 0) is 25.7 Å². The first-order chi connectivity index (χ1) is 8.75. The molecule has 1 aromatic rings. The quantitative estimate of drug-likeness (QED) is 0.812. The summed E-state index contributed by atoms with van der Waals surface area (Å²) < 4.78 is 9.67. The number of rotatable bonds is 3. The van der Waals surface area contributed by atoms with Crippen LogP contribution < -0.4 is 5.48 Å². The molecule has 0 bridgehead atoms. The molecule has 6 heteroatoms. The van der Waals surface area contributed by atoms with E-state index in [2.05, 4.69) is 4.84 Å². The van der Waals surface area contributed by atoms with Crippen LogP contribution in [0.4, 0.5) is 4.79 Å². The molecule has 0 unspecified atom stereocenters. The molecule has 6 nitrogen and oxygen atoms in total. The van der Waals surface area contributed by atoms with Crippen LogP contribution in [-0.4, -0.2) is 25.3 Å². The lowest BCUT2D eigenvalue weighted by Crippen LogP contribution is -2.39. The van der Waals surface area contributed by atoms with Gasteiger partial charge < -0.3 is 14.3 Å². The van der Waals surface area contributed by atoms with Gasteiger partial charge in [-0.2, -0.15) is 0 Å². The second-order valence-electron chi connectivity index (χ2n) is 3.82. The third-order valence-electron chi connectivity index (χ3n) is 2.42. The third-order valence-corrected chi connectivity index (χ3v) is 2.42. The summed E-state index contributed by atoms with van der Waals surface area (Å²) in [5, 5.41) is 0. The topological polar surface area (TPSA) is 73.9 Å². The number of hydrogen-bond donors (Lipinski definition) is 1. The molecule has 1 aliphatic rings. The van der Waals surface area contributed by atoms with Crippen LogP contribution in [0.2, 0.25) is 0 Å². The molecule has 0 radical (unpaired) electrons. The monoisotopic (exact) mass is 251 g/mol. The van der Waals surface area contributed by atoms with Gasteiger partial charge in [0.1, 0.15) is 12.5 Å². The molecule has 1 amide bonds. The summed E-state index contributed by atoms with van der Waals surface area (Å²) in [6.45, 7) is 0.788. The van der Waals surface area contributed by atoms with Gasteiger partial charge in [0.05, 0.1) is 13.2 Å². The summed E-state index contributed by atoms with van der Waals surface area (Å²) in [4.78, 5) is 27.0. The number of amides is 1. The van der Waals surface area contributed by atoms with Gasteiger partial charge in [-0.25, -0.2) is 9.59 Å². The van der Waals surface area contributed by atoms with Crippen molar-refractivity contribution >= 4 is 12.1 Å². The second kappa shape index (κ2) is 6.02. The smallest absolute Gasteiger partial charge is 0.441 e. The van der Waals surface area contributed by atoms with Gasteiger partial charge in [0.25, 0.3) is 0 Å². The van der Waals surface area contributed by atoms with E-state index in [0.717, 1.165) is 5.56 Å². The Hall–Kier alpha value is -2.08. The van der Waals surface area contributed by atoms with E-state index in [0.29, 0.717) is 13.2 Å². The van der Waals surface area contributed by atoms with Crippen LogP contribution in [0.15, 0.2) is 30.3 Å². The first-order valence-electron chi connectivity index (χ1n) is 5.51. The van der Waals surface area contributed by atoms with Gasteiger partial charge in [-0.3, -0.25) is 0 Å². The Balaban J connectivity index is 1.64. The summed E-state index contributed by atoms with van der Waals surface area (Å²) in [5.41, 5.74) is 2.79. The summed E-state index contributed by atoms with van der Waals surface area (Å²) in [7, 11) is 0. The molecule has 1 aliphatic heterocycles. The zero-order valence-electron chi connectivity index (χ0n) is 9.63. The summed E-state index contributed by atoms with van der Waals surface area (Å²) in [6.07, 6.45) is -0.799. The van der Waals surface area contributed by atoms with Crippen molar-refractivity contribution in [3.63, 3.8) is 0 Å². The third kappa shape index (κ3) is 3.46. The predicted octanol–water partition coefficient (Wildman–Crippen LogP) is 1.02. The van der Waals surface area contributed by atoms with Crippen molar-refractivity contribution in [2.75, 3.05) is 13.2 Å². The normalized spacial score (nSPS) is 14.4. The lowest BCUT2D eigenvalue weighted by atomic mass is 10.1. The molecule has 2 rings (SSSR count). The zero-order valence-corrected chi connectivity index (χ0v) is 9.63. The summed E-state index contributed by atoms with van der Waals surface area (Å²) in [6, 6.07) is 9.20. The molecule has 18 heavy (non-hydrogen) atoms. The Morgan fingerprint density at radius 2 is 2.00 bits per heavy atom. The summed E-state index contributed by atoms with van der Waals surface area (Å²) in [5.74, 6) is -0.808. The molecule has 96 valence electrons. The average Bonchev–Trinajstić information content (AvgIpc) is 2.33. The molecule has 0 aromatic heterocycles. The maximum absolute atomic E-state index is 11.2. The van der Waals surface area contributed by atoms with Crippen molar-refractivity contribution in [2.24, 2.45) is 5.92 Å². The molecule has 0 spiro atoms. The van der Waals surface area contributed by atoms with Crippen LogP contribution in [0.5, 0.6) is 0 Å². The van der Waals surface area contributed by atoms with E-state index in [1.165, 1.54) is 0 Å². The molecule has 0 saturated carbocycles. The van der Waals surface area contributed by atoms with Crippen molar-refractivity contribution in [1.82, 2.24) is 5.48 Å². The van der Waals surface area contributed by atoms with E-state index >= 15 is 0 Å². The highest BCUT2D eigenvalue weighted by Gasteiger charge is 2.28. The second-order valence-corrected chi connectivity index (χ2v) is 3.82. The van der Waals surface area contributed by atoms with Crippen LogP contribution in [0.1, 0.15) is 5.56 Å². The maximum Gasteiger partial charge on any atom is 0.441 e. The van der Waals surface area contributed by atoms with Crippen molar-refractivity contribution in [1.29, 1.82) is 0 Å². The molecule has 1 N–H and O–H groups in total. The van der Waals surface area contributed by atoms with Crippen molar-refractivity contribution < 1.29 is 23.9 Å². The maximum atomic E-state index is 11.2. The van der Waals surface area contributed by atoms with Crippen molar-refractivity contribution in [3.8, 4) is 0 Å². The molecule has 0 aliphatic carbocycles. The van der Waals surface area contributed by atoms with Crippen LogP contribution in [0.3, 0.4) is 0 Å². The number of carbonyl (C=O) groups excluding carboxylic acids is 2. The van der Waals surface area contributed by atoms with Gasteiger partial charge in [0, 0.05) is 0 Å². The molecule has 1 aromatic carbocycles. The molecule has 0 atom stereocenters. The molecular weight excluding hydrogens is 238 g/mol. The minimum absolute atomic E-state index is 0.122. The zero-order chi connectivity index (χ0) is 12.8. The lowest BCUT2D eigenvalue weighted by Gasteiger charge is -2.23. The number of benzene rings is 1. The minimum atomic E-state index is -0.799. The highest BCUT2D eigenvalue weighted by molar-refractivity contribution is 5.75. The summed E-state index contributed by atoms with van der Waals surface area (Å²) >= 11 is 0. The SMILES string of the molecule is O=C(NOC(=O)C1COC1)OCc1ccccc1. The Labute approximate surface area is 104 Å². The fraction of sp³-hybridized carbons (Fsp3) is 0.333. The van der Waals surface area contributed by atoms with E-state index in [4.69, 9.17) is 9.47 Å². The highest BCUT2D eigenvalue weighted by Crippen LogP contribution is 2.10. The number of hydroxylamine groups is 1. The van der Waals surface area contributed by atoms with Crippen LogP contribution >= 0.6 is 0 Å². The van der Waals surface area contributed by atoms with E-state index < -0.39 is 12.1 Å². The van der Waals surface area contributed by atoms with Gasteiger partial charge in [-0.05, 0) is 5.56 Å². The fourth-order valence-electron chi connectivity index (χ4n) is 1.30. The first kappa shape index (κ1) is 12.4. The van der Waals surface area contributed by atoms with Crippen LogP contribution in [0, 0.1) is 5.92 Å². The Morgan fingerprint density at radius 1 is 1.28 bits per heavy atom. The van der Waals surface area contributed by atoms with E-state index in [-0.39, 0.29) is 12.5 Å². The molecule has 1 fully saturated rings. The van der Waals surface area contributed by atoms with Gasteiger partial charge in [-0.1, -0.05) is 30.3 Å². The Morgan fingerprint density at radius 3 is 2.61 bits per heavy atom. The van der Waals surface area contributed by atoms with E-state index in [9.17, 15) is 9.59 Å². The number of hydrogen-bond acceptors (Lipinski definition) is 5. The van der Waals surface area contributed by atoms with Gasteiger partial charge >= 0.3 is 12.1 Å². The fourth-order valence-corrected chi connectivity index (χ4v) is 1.30.